The average molecular weight is 455 g/mol. The number of benzene rings is 4. The van der Waals surface area contributed by atoms with Crippen LogP contribution in [0.2, 0.25) is 0 Å². The van der Waals surface area contributed by atoms with Crippen molar-refractivity contribution in [2.75, 3.05) is 11.4 Å². The van der Waals surface area contributed by atoms with E-state index in [0.29, 0.717) is 0 Å². The van der Waals surface area contributed by atoms with Crippen LogP contribution in [0.4, 0.5) is 11.4 Å². The van der Waals surface area contributed by atoms with Crippen LogP contribution in [0.3, 0.4) is 0 Å². The zero-order chi connectivity index (χ0) is 22.9. The second kappa shape index (κ2) is 7.65. The fraction of sp³-hybridized carbons (Fsp3) is 0.312. The molecule has 0 saturated carbocycles. The number of anilines is 2. The van der Waals surface area contributed by atoms with Crippen molar-refractivity contribution in [2.24, 2.45) is 0 Å². The summed E-state index contributed by atoms with van der Waals surface area (Å²) in [5, 5.41) is 2.50. The smallest absolute Gasteiger partial charge is 0.256 e. The van der Waals surface area contributed by atoms with Crippen LogP contribution in [0.15, 0.2) is 60.7 Å². The molecule has 4 aromatic rings. The molecule has 172 valence electrons. The van der Waals surface area contributed by atoms with Crippen LogP contribution in [-0.2, 0) is 19.3 Å². The molecular weight excluding hydrogens is 425 g/mol. The molecule has 0 radical (unpaired) electrons. The number of nitrogens with zero attached hydrogens (tertiary/aromatic N) is 1. The van der Waals surface area contributed by atoms with Crippen LogP contribution in [-0.4, -0.2) is 13.3 Å². The molecule has 2 nitrogen and oxygen atoms in total. The van der Waals surface area contributed by atoms with E-state index in [1.54, 1.807) is 0 Å². The quantitative estimate of drug-likeness (QED) is 0.269. The second-order valence-electron chi connectivity index (χ2n) is 10.9. The highest BCUT2D eigenvalue weighted by Gasteiger charge is 2.44. The Morgan fingerprint density at radius 3 is 2.54 bits per heavy atom. The first-order valence-corrected chi connectivity index (χ1v) is 13.7. The molecular formula is C32H30BNO. The number of hydrogen-bond donors (Lipinski definition) is 0. The fourth-order valence-corrected chi connectivity index (χ4v) is 7.34. The van der Waals surface area contributed by atoms with Crippen molar-refractivity contribution >= 4 is 45.2 Å². The molecule has 8 rings (SSSR count). The molecule has 0 unspecified atom stereocenters. The Bertz CT molecular complexity index is 1510. The van der Waals surface area contributed by atoms with E-state index in [9.17, 15) is 0 Å². The van der Waals surface area contributed by atoms with Crippen molar-refractivity contribution in [3.8, 4) is 11.5 Å². The molecule has 3 aliphatic heterocycles. The third-order valence-corrected chi connectivity index (χ3v) is 8.93. The number of hydrogen-bond acceptors (Lipinski definition) is 2. The van der Waals surface area contributed by atoms with E-state index in [1.165, 1.54) is 112 Å². The lowest BCUT2D eigenvalue weighted by molar-refractivity contribution is 0.480. The maximum absolute atomic E-state index is 7.05. The van der Waals surface area contributed by atoms with E-state index in [-0.39, 0.29) is 6.71 Å². The highest BCUT2D eigenvalue weighted by Crippen LogP contribution is 2.44. The van der Waals surface area contributed by atoms with Gasteiger partial charge in [-0.1, -0.05) is 67.4 Å². The maximum Gasteiger partial charge on any atom is 0.256 e. The molecule has 0 N–H and O–H groups in total. The minimum absolute atomic E-state index is 0.243. The van der Waals surface area contributed by atoms with Gasteiger partial charge in [-0.3, -0.25) is 0 Å². The van der Waals surface area contributed by atoms with Gasteiger partial charge in [0.1, 0.15) is 11.5 Å². The molecule has 0 atom stereocenters. The van der Waals surface area contributed by atoms with Gasteiger partial charge in [-0.2, -0.15) is 0 Å². The first-order chi connectivity index (χ1) is 17.4. The summed E-state index contributed by atoms with van der Waals surface area (Å²) in [7, 11) is 0. The van der Waals surface area contributed by atoms with Gasteiger partial charge in [0, 0.05) is 23.3 Å². The largest absolute Gasteiger partial charge is 0.457 e. The molecule has 0 saturated heterocycles. The van der Waals surface area contributed by atoms with E-state index >= 15 is 0 Å². The highest BCUT2D eigenvalue weighted by molar-refractivity contribution is 6.99. The minimum atomic E-state index is 0.243. The van der Waals surface area contributed by atoms with Gasteiger partial charge in [-0.15, -0.1) is 0 Å². The van der Waals surface area contributed by atoms with Crippen molar-refractivity contribution in [1.29, 1.82) is 0 Å². The van der Waals surface area contributed by atoms with Crippen LogP contribution in [0.1, 0.15) is 55.2 Å². The molecule has 35 heavy (non-hydrogen) atoms. The van der Waals surface area contributed by atoms with Crippen molar-refractivity contribution in [3.05, 3.63) is 77.4 Å². The summed E-state index contributed by atoms with van der Waals surface area (Å²) in [4.78, 5) is 2.69. The molecule has 1 aliphatic carbocycles. The summed E-state index contributed by atoms with van der Waals surface area (Å²) >= 11 is 0. The summed E-state index contributed by atoms with van der Waals surface area (Å²) in [6, 6.07) is 23.0. The summed E-state index contributed by atoms with van der Waals surface area (Å²) in [5.74, 6) is 2.27. The van der Waals surface area contributed by atoms with E-state index in [2.05, 4.69) is 65.6 Å². The fourth-order valence-electron chi connectivity index (χ4n) is 7.34. The Morgan fingerprint density at radius 2 is 1.54 bits per heavy atom. The Kier molecular flexibility index (Phi) is 4.38. The average Bonchev–Trinajstić information content (AvgIpc) is 3.01. The van der Waals surface area contributed by atoms with E-state index < -0.39 is 0 Å². The van der Waals surface area contributed by atoms with E-state index in [0.717, 1.165) is 18.7 Å². The summed E-state index contributed by atoms with van der Waals surface area (Å²) in [5.41, 5.74) is 11.7. The predicted molar refractivity (Wildman–Crippen MR) is 147 cm³/mol. The van der Waals surface area contributed by atoms with Crippen molar-refractivity contribution in [2.45, 2.75) is 57.8 Å². The lowest BCUT2D eigenvalue weighted by Gasteiger charge is -2.42. The lowest BCUT2D eigenvalue weighted by Crippen LogP contribution is -2.60. The normalized spacial score (nSPS) is 17.8. The van der Waals surface area contributed by atoms with Gasteiger partial charge in [0.25, 0.3) is 6.71 Å². The monoisotopic (exact) mass is 455 g/mol. The molecule has 0 spiro atoms. The summed E-state index contributed by atoms with van der Waals surface area (Å²) < 4.78 is 7.05. The zero-order valence-electron chi connectivity index (χ0n) is 20.3. The molecule has 4 aromatic carbocycles. The number of rotatable bonds is 0. The van der Waals surface area contributed by atoms with Gasteiger partial charge in [-0.05, 0) is 89.5 Å². The van der Waals surface area contributed by atoms with Crippen molar-refractivity contribution < 1.29 is 4.74 Å². The summed E-state index contributed by atoms with van der Waals surface area (Å²) in [6.45, 7) is 1.35. The van der Waals surface area contributed by atoms with Gasteiger partial charge >= 0.3 is 0 Å². The van der Waals surface area contributed by atoms with Crippen LogP contribution in [0.5, 0.6) is 11.5 Å². The Morgan fingerprint density at radius 1 is 0.686 bits per heavy atom. The predicted octanol–water partition coefficient (Wildman–Crippen LogP) is 5.91. The van der Waals surface area contributed by atoms with Gasteiger partial charge < -0.3 is 9.64 Å². The zero-order valence-corrected chi connectivity index (χ0v) is 20.3. The van der Waals surface area contributed by atoms with Crippen LogP contribution < -0.4 is 26.0 Å². The Hall–Kier alpha value is -3.20. The molecule has 3 heteroatoms. The molecule has 4 aliphatic rings. The van der Waals surface area contributed by atoms with Crippen molar-refractivity contribution in [1.82, 2.24) is 0 Å². The minimum Gasteiger partial charge on any atom is -0.457 e. The van der Waals surface area contributed by atoms with E-state index in [4.69, 9.17) is 4.74 Å². The third kappa shape index (κ3) is 2.84. The first kappa shape index (κ1) is 20.0. The topological polar surface area (TPSA) is 12.5 Å². The molecule has 0 fully saturated rings. The van der Waals surface area contributed by atoms with Gasteiger partial charge in [0.2, 0.25) is 0 Å². The summed E-state index contributed by atoms with van der Waals surface area (Å²) in [6.07, 6.45) is 11.2. The van der Waals surface area contributed by atoms with Gasteiger partial charge in [0.15, 0.2) is 0 Å². The first-order valence-electron chi connectivity index (χ1n) is 13.7. The molecule has 0 amide bonds. The molecule has 3 heterocycles. The van der Waals surface area contributed by atoms with E-state index in [1.807, 2.05) is 0 Å². The van der Waals surface area contributed by atoms with Gasteiger partial charge in [-0.25, -0.2) is 0 Å². The maximum atomic E-state index is 7.05. The van der Waals surface area contributed by atoms with Crippen LogP contribution in [0, 0.1) is 0 Å². The van der Waals surface area contributed by atoms with Crippen molar-refractivity contribution in [3.63, 3.8) is 0 Å². The third-order valence-electron chi connectivity index (χ3n) is 8.93. The molecule has 0 bridgehead atoms. The SMILES string of the molecule is c1cc2c3c(c1)B1c4ccc5ccccc5c4Oc4c5c(cc(c41)N3CCCCCC2)CCCC5. The lowest BCUT2D eigenvalue weighted by atomic mass is 9.33. The number of fused-ring (bicyclic) bond motifs is 8. The highest BCUT2D eigenvalue weighted by atomic mass is 16.5. The van der Waals surface area contributed by atoms with Gasteiger partial charge in [0.05, 0.1) is 0 Å². The standard InChI is InChI=1S/C32H30BNO/c1-2-8-19-34-28-20-23-12-5-7-15-25(23)32-29(28)33(26-16-9-13-22(11-3-1)30(26)34)27-18-17-21-10-4-6-14-24(21)31(27)35-32/h4,6,9-10,13-14,16-18,20H,1-3,5,7-8,11-12,15,19H2. The number of aryl methyl sites for hydroxylation is 2. The Labute approximate surface area is 208 Å². The second-order valence-corrected chi connectivity index (χ2v) is 10.9. The Balaban J connectivity index is 1.48. The number of ether oxygens (including phenoxy) is 1. The van der Waals surface area contributed by atoms with Crippen LogP contribution in [0.25, 0.3) is 10.8 Å². The van der Waals surface area contributed by atoms with Crippen LogP contribution >= 0.6 is 0 Å². The number of para-hydroxylation sites is 1. The molecule has 0 aromatic heterocycles.